The number of ether oxygens (including phenoxy) is 1. The van der Waals surface area contributed by atoms with Crippen molar-refractivity contribution in [2.45, 2.75) is 32.0 Å². The number of aromatic amines is 1. The molecular formula is C14H23N5O2. The summed E-state index contributed by atoms with van der Waals surface area (Å²) >= 11 is 0. The topological polar surface area (TPSA) is 82.3 Å². The van der Waals surface area contributed by atoms with E-state index >= 15 is 0 Å². The highest BCUT2D eigenvalue weighted by molar-refractivity contribution is 5.82. The smallest absolute Gasteiger partial charge is 0.237 e. The molecular weight excluding hydrogens is 270 g/mol. The number of hydrogen-bond donors (Lipinski definition) is 3. The number of hydrogen-bond acceptors (Lipinski definition) is 5. The molecule has 0 radical (unpaired) electrons. The van der Waals surface area contributed by atoms with E-state index in [0.29, 0.717) is 19.5 Å². The minimum atomic E-state index is -0.202. The molecule has 3 N–H and O–H groups in total. The van der Waals surface area contributed by atoms with Crippen LogP contribution < -0.4 is 10.6 Å². The summed E-state index contributed by atoms with van der Waals surface area (Å²) in [6.07, 6.45) is 2.41. The zero-order chi connectivity index (χ0) is 14.7. The van der Waals surface area contributed by atoms with Gasteiger partial charge in [0.25, 0.3) is 0 Å². The predicted octanol–water partition coefficient (Wildman–Crippen LogP) is -0.739. The number of likely N-dealkylation sites (N-methyl/N-ethyl adjacent to an activating group) is 1. The minimum absolute atomic E-state index is 0.0286. The van der Waals surface area contributed by atoms with Crippen LogP contribution in [0.25, 0.3) is 0 Å². The van der Waals surface area contributed by atoms with Gasteiger partial charge in [0.15, 0.2) is 0 Å². The Morgan fingerprint density at radius 1 is 1.62 bits per heavy atom. The van der Waals surface area contributed by atoms with Crippen molar-refractivity contribution in [3.05, 3.63) is 17.7 Å². The Hall–Kier alpha value is -1.44. The number of H-pyrrole nitrogens is 1. The largest absolute Gasteiger partial charge is 0.374 e. The summed E-state index contributed by atoms with van der Waals surface area (Å²) in [4.78, 5) is 21.9. The number of carbonyl (C=O) groups is 1. The van der Waals surface area contributed by atoms with Crippen LogP contribution in [0.4, 0.5) is 0 Å². The molecule has 1 amide bonds. The van der Waals surface area contributed by atoms with Crippen LogP contribution in [-0.2, 0) is 22.5 Å². The van der Waals surface area contributed by atoms with Gasteiger partial charge in [0.1, 0.15) is 0 Å². The van der Waals surface area contributed by atoms with Gasteiger partial charge in [-0.15, -0.1) is 0 Å². The van der Waals surface area contributed by atoms with Gasteiger partial charge in [0.05, 0.1) is 36.5 Å². The number of carbonyl (C=O) groups excluding carboxylic acids is 1. The molecule has 1 aromatic heterocycles. The maximum absolute atomic E-state index is 12.2. The fraction of sp³-hybridized carbons (Fsp3) is 0.714. The predicted molar refractivity (Wildman–Crippen MR) is 77.8 cm³/mol. The highest BCUT2D eigenvalue weighted by atomic mass is 16.5. The summed E-state index contributed by atoms with van der Waals surface area (Å²) in [5.41, 5.74) is 2.06. The number of nitrogens with one attached hydrogen (secondary N) is 3. The molecule has 3 heterocycles. The van der Waals surface area contributed by atoms with Gasteiger partial charge in [-0.05, 0) is 6.54 Å². The Bertz CT molecular complexity index is 489. The lowest BCUT2D eigenvalue weighted by atomic mass is 10.0. The molecule has 21 heavy (non-hydrogen) atoms. The zero-order valence-electron chi connectivity index (χ0n) is 12.4. The fourth-order valence-electron chi connectivity index (χ4n) is 2.88. The van der Waals surface area contributed by atoms with E-state index in [9.17, 15) is 4.79 Å². The first-order valence-electron chi connectivity index (χ1n) is 7.62. The highest BCUT2D eigenvalue weighted by Crippen LogP contribution is 2.12. The van der Waals surface area contributed by atoms with Crippen LogP contribution in [0, 0.1) is 0 Å². The van der Waals surface area contributed by atoms with Crippen molar-refractivity contribution in [3.8, 4) is 0 Å². The van der Waals surface area contributed by atoms with Gasteiger partial charge in [0.2, 0.25) is 5.91 Å². The van der Waals surface area contributed by atoms with Crippen molar-refractivity contribution >= 4 is 5.91 Å². The Morgan fingerprint density at radius 3 is 3.38 bits per heavy atom. The molecule has 116 valence electrons. The molecule has 0 bridgehead atoms. The van der Waals surface area contributed by atoms with Crippen molar-refractivity contribution in [3.63, 3.8) is 0 Å². The third-order valence-corrected chi connectivity index (χ3v) is 4.22. The van der Waals surface area contributed by atoms with Crippen LogP contribution in [0.5, 0.6) is 0 Å². The van der Waals surface area contributed by atoms with Gasteiger partial charge in [0, 0.05) is 32.6 Å². The van der Waals surface area contributed by atoms with Gasteiger partial charge in [-0.3, -0.25) is 15.0 Å². The van der Waals surface area contributed by atoms with Crippen LogP contribution in [0.15, 0.2) is 6.33 Å². The molecule has 0 aromatic carbocycles. The average molecular weight is 293 g/mol. The van der Waals surface area contributed by atoms with Crippen molar-refractivity contribution < 1.29 is 9.53 Å². The first-order chi connectivity index (χ1) is 10.3. The SMILES string of the molecule is CCN1CCOC(CNC(=O)C2Cc3nc[nH]c3CN2)C1. The first kappa shape index (κ1) is 14.5. The Balaban J connectivity index is 1.46. The maximum atomic E-state index is 12.2. The molecule has 7 nitrogen and oxygen atoms in total. The Kier molecular flexibility index (Phi) is 4.52. The lowest BCUT2D eigenvalue weighted by Crippen LogP contribution is -2.52. The number of rotatable bonds is 4. The van der Waals surface area contributed by atoms with E-state index < -0.39 is 0 Å². The summed E-state index contributed by atoms with van der Waals surface area (Å²) in [6.45, 7) is 7.02. The number of amides is 1. The van der Waals surface area contributed by atoms with Crippen LogP contribution >= 0.6 is 0 Å². The molecule has 2 aliphatic rings. The summed E-state index contributed by atoms with van der Waals surface area (Å²) in [5, 5.41) is 6.23. The number of aromatic nitrogens is 2. The van der Waals surface area contributed by atoms with E-state index in [2.05, 4.69) is 32.4 Å². The molecule has 3 rings (SSSR count). The van der Waals surface area contributed by atoms with E-state index in [0.717, 1.165) is 37.6 Å². The highest BCUT2D eigenvalue weighted by Gasteiger charge is 2.27. The number of fused-ring (bicyclic) bond motifs is 1. The monoisotopic (exact) mass is 293 g/mol. The minimum Gasteiger partial charge on any atom is -0.374 e. The van der Waals surface area contributed by atoms with E-state index in [4.69, 9.17) is 4.74 Å². The summed E-state index contributed by atoms with van der Waals surface area (Å²) in [7, 11) is 0. The van der Waals surface area contributed by atoms with Gasteiger partial charge >= 0.3 is 0 Å². The molecule has 7 heteroatoms. The summed E-state index contributed by atoms with van der Waals surface area (Å²) in [6, 6.07) is -0.202. The van der Waals surface area contributed by atoms with Gasteiger partial charge < -0.3 is 15.0 Å². The number of imidazole rings is 1. The number of nitrogens with zero attached hydrogens (tertiary/aromatic N) is 2. The Morgan fingerprint density at radius 2 is 2.52 bits per heavy atom. The second-order valence-electron chi connectivity index (χ2n) is 5.60. The van der Waals surface area contributed by atoms with Crippen molar-refractivity contribution in [1.82, 2.24) is 25.5 Å². The zero-order valence-corrected chi connectivity index (χ0v) is 12.4. The lowest BCUT2D eigenvalue weighted by Gasteiger charge is -2.32. The molecule has 2 aliphatic heterocycles. The summed E-state index contributed by atoms with van der Waals surface area (Å²) < 4.78 is 5.70. The van der Waals surface area contributed by atoms with Crippen molar-refractivity contribution in [1.29, 1.82) is 0 Å². The first-order valence-corrected chi connectivity index (χ1v) is 7.62. The fourth-order valence-corrected chi connectivity index (χ4v) is 2.88. The van der Waals surface area contributed by atoms with Crippen LogP contribution in [-0.4, -0.2) is 65.7 Å². The molecule has 0 saturated carbocycles. The second-order valence-corrected chi connectivity index (χ2v) is 5.60. The van der Waals surface area contributed by atoms with Crippen LogP contribution in [0.1, 0.15) is 18.3 Å². The van der Waals surface area contributed by atoms with E-state index in [1.54, 1.807) is 6.33 Å². The van der Waals surface area contributed by atoms with E-state index in [1.807, 2.05) is 0 Å². The number of morpholine rings is 1. The molecule has 1 aromatic rings. The normalized spacial score (nSPS) is 26.3. The van der Waals surface area contributed by atoms with Gasteiger partial charge in [-0.1, -0.05) is 6.92 Å². The second kappa shape index (κ2) is 6.55. The molecule has 0 aliphatic carbocycles. The third-order valence-electron chi connectivity index (χ3n) is 4.22. The molecule has 0 spiro atoms. The van der Waals surface area contributed by atoms with Gasteiger partial charge in [-0.2, -0.15) is 0 Å². The van der Waals surface area contributed by atoms with Crippen LogP contribution in [0.2, 0.25) is 0 Å². The molecule has 1 saturated heterocycles. The van der Waals surface area contributed by atoms with Crippen molar-refractivity contribution in [2.75, 3.05) is 32.8 Å². The van der Waals surface area contributed by atoms with Crippen molar-refractivity contribution in [2.24, 2.45) is 0 Å². The Labute approximate surface area is 124 Å². The van der Waals surface area contributed by atoms with E-state index in [1.165, 1.54) is 0 Å². The molecule has 2 unspecified atom stereocenters. The third kappa shape index (κ3) is 3.42. The molecule has 1 fully saturated rings. The standard InChI is InChI=1S/C14H23N5O2/c1-2-19-3-4-21-10(8-19)6-16-14(20)12-5-11-13(7-15-12)18-9-17-11/h9-10,12,15H,2-8H2,1H3,(H,16,20)(H,17,18). The van der Waals surface area contributed by atoms with Crippen LogP contribution in [0.3, 0.4) is 0 Å². The maximum Gasteiger partial charge on any atom is 0.237 e. The summed E-state index contributed by atoms with van der Waals surface area (Å²) in [5.74, 6) is 0.0286. The quantitative estimate of drug-likeness (QED) is 0.681. The lowest BCUT2D eigenvalue weighted by molar-refractivity contribution is -0.124. The average Bonchev–Trinajstić information content (AvgIpc) is 3.00. The van der Waals surface area contributed by atoms with Gasteiger partial charge in [-0.25, -0.2) is 4.98 Å². The molecule has 2 atom stereocenters. The van der Waals surface area contributed by atoms with E-state index in [-0.39, 0.29) is 18.1 Å².